The van der Waals surface area contributed by atoms with Gasteiger partial charge in [0.2, 0.25) is 0 Å². The molecule has 28 heavy (non-hydrogen) atoms. The fourth-order valence-corrected chi connectivity index (χ4v) is 3.72. The first kappa shape index (κ1) is 17.9. The zero-order valence-corrected chi connectivity index (χ0v) is 15.5. The number of amides is 1. The van der Waals surface area contributed by atoms with Crippen molar-refractivity contribution in [3.63, 3.8) is 0 Å². The fourth-order valence-electron chi connectivity index (χ4n) is 2.72. The standard InChI is InChI=1S/C22H16N2O3S/c25-18-10-6-16(7-11-18)23-22-24(17-8-12-19(26)13-9-17)21(27)20(28-22)14-15-4-2-1-3-5-15/h1-14,25-26H/b20-14+,23-22?. The molecule has 1 heterocycles. The summed E-state index contributed by atoms with van der Waals surface area (Å²) in [4.78, 5) is 19.8. The van der Waals surface area contributed by atoms with Crippen molar-refractivity contribution in [2.45, 2.75) is 0 Å². The normalized spacial score (nSPS) is 16.9. The summed E-state index contributed by atoms with van der Waals surface area (Å²) in [5, 5.41) is 19.5. The minimum Gasteiger partial charge on any atom is -0.508 e. The van der Waals surface area contributed by atoms with Crippen molar-refractivity contribution in [3.05, 3.63) is 89.3 Å². The Morgan fingerprint density at radius 1 is 0.821 bits per heavy atom. The smallest absolute Gasteiger partial charge is 0.271 e. The van der Waals surface area contributed by atoms with E-state index in [4.69, 9.17) is 0 Å². The Morgan fingerprint density at radius 3 is 2.07 bits per heavy atom. The summed E-state index contributed by atoms with van der Waals surface area (Å²) in [7, 11) is 0. The molecule has 6 heteroatoms. The molecule has 138 valence electrons. The van der Waals surface area contributed by atoms with Gasteiger partial charge in [-0.1, -0.05) is 30.3 Å². The Bertz CT molecular complexity index is 1060. The SMILES string of the molecule is O=C1/C(=C\c2ccccc2)SC(=Nc2ccc(O)cc2)N1c1ccc(O)cc1. The van der Waals surface area contributed by atoms with E-state index < -0.39 is 0 Å². The number of anilines is 1. The van der Waals surface area contributed by atoms with Crippen molar-refractivity contribution in [3.8, 4) is 11.5 Å². The summed E-state index contributed by atoms with van der Waals surface area (Å²) in [6.45, 7) is 0. The van der Waals surface area contributed by atoms with Crippen LogP contribution in [0.4, 0.5) is 11.4 Å². The van der Waals surface area contributed by atoms with Crippen LogP contribution in [0.15, 0.2) is 88.8 Å². The molecule has 3 aromatic rings. The van der Waals surface area contributed by atoms with E-state index >= 15 is 0 Å². The number of phenols is 2. The number of carbonyl (C=O) groups is 1. The maximum atomic E-state index is 13.1. The number of amidine groups is 1. The predicted octanol–water partition coefficient (Wildman–Crippen LogP) is 4.91. The lowest BCUT2D eigenvalue weighted by atomic mass is 10.2. The number of phenolic OH excluding ortho intramolecular Hbond substituents is 2. The Kier molecular flexibility index (Phi) is 4.87. The van der Waals surface area contributed by atoms with Gasteiger partial charge in [-0.25, -0.2) is 4.99 Å². The molecule has 1 aliphatic rings. The Morgan fingerprint density at radius 2 is 1.43 bits per heavy atom. The number of aromatic hydroxyl groups is 2. The van der Waals surface area contributed by atoms with E-state index in [1.165, 1.54) is 28.8 Å². The zero-order valence-electron chi connectivity index (χ0n) is 14.7. The fraction of sp³-hybridized carbons (Fsp3) is 0. The molecule has 1 amide bonds. The predicted molar refractivity (Wildman–Crippen MR) is 113 cm³/mol. The van der Waals surface area contributed by atoms with Gasteiger partial charge in [-0.05, 0) is 71.9 Å². The van der Waals surface area contributed by atoms with Gasteiger partial charge in [0.1, 0.15) is 11.5 Å². The van der Waals surface area contributed by atoms with Gasteiger partial charge in [0.15, 0.2) is 5.17 Å². The molecule has 0 saturated carbocycles. The highest BCUT2D eigenvalue weighted by molar-refractivity contribution is 8.19. The lowest BCUT2D eigenvalue weighted by Gasteiger charge is -2.15. The number of carbonyl (C=O) groups excluding carboxylic acids is 1. The van der Waals surface area contributed by atoms with Gasteiger partial charge in [0.05, 0.1) is 16.3 Å². The molecule has 0 atom stereocenters. The second-order valence-corrected chi connectivity index (χ2v) is 7.10. The molecule has 1 aliphatic heterocycles. The second-order valence-electron chi connectivity index (χ2n) is 6.09. The summed E-state index contributed by atoms with van der Waals surface area (Å²) in [5.74, 6) is 0.0938. The van der Waals surface area contributed by atoms with E-state index in [-0.39, 0.29) is 17.4 Å². The van der Waals surface area contributed by atoms with Crippen LogP contribution in [0.5, 0.6) is 11.5 Å². The van der Waals surface area contributed by atoms with Crippen molar-refractivity contribution < 1.29 is 15.0 Å². The van der Waals surface area contributed by atoms with Crippen LogP contribution < -0.4 is 4.90 Å². The lowest BCUT2D eigenvalue weighted by Crippen LogP contribution is -2.28. The summed E-state index contributed by atoms with van der Waals surface area (Å²) < 4.78 is 0. The van der Waals surface area contributed by atoms with Gasteiger partial charge in [-0.2, -0.15) is 0 Å². The topological polar surface area (TPSA) is 73.1 Å². The van der Waals surface area contributed by atoms with Crippen molar-refractivity contribution in [2.75, 3.05) is 4.90 Å². The quantitative estimate of drug-likeness (QED) is 0.626. The molecule has 0 spiro atoms. The van der Waals surface area contributed by atoms with E-state index in [1.54, 1.807) is 36.4 Å². The molecule has 0 aliphatic carbocycles. The molecular formula is C22H16N2O3S. The van der Waals surface area contributed by atoms with Gasteiger partial charge in [0.25, 0.3) is 5.91 Å². The molecular weight excluding hydrogens is 372 g/mol. The number of benzene rings is 3. The summed E-state index contributed by atoms with van der Waals surface area (Å²) in [6, 6.07) is 22.5. The molecule has 4 rings (SSSR count). The number of aliphatic imine (C=N–C) groups is 1. The van der Waals surface area contributed by atoms with Crippen LogP contribution in [0, 0.1) is 0 Å². The molecule has 5 nitrogen and oxygen atoms in total. The maximum absolute atomic E-state index is 13.1. The van der Waals surface area contributed by atoms with Crippen molar-refractivity contribution in [1.29, 1.82) is 0 Å². The summed E-state index contributed by atoms with van der Waals surface area (Å²) in [6.07, 6.45) is 1.83. The monoisotopic (exact) mass is 388 g/mol. The van der Waals surface area contributed by atoms with Crippen LogP contribution in [0.3, 0.4) is 0 Å². The summed E-state index contributed by atoms with van der Waals surface area (Å²) in [5.41, 5.74) is 2.16. The van der Waals surface area contributed by atoms with Crippen LogP contribution in [0.2, 0.25) is 0 Å². The van der Waals surface area contributed by atoms with Crippen LogP contribution in [-0.2, 0) is 4.79 Å². The van der Waals surface area contributed by atoms with Gasteiger partial charge in [-0.3, -0.25) is 9.69 Å². The van der Waals surface area contributed by atoms with Gasteiger partial charge < -0.3 is 10.2 Å². The molecule has 0 radical (unpaired) electrons. The highest BCUT2D eigenvalue weighted by Gasteiger charge is 2.34. The first-order chi connectivity index (χ1) is 13.6. The number of hydrogen-bond acceptors (Lipinski definition) is 5. The van der Waals surface area contributed by atoms with Gasteiger partial charge in [-0.15, -0.1) is 0 Å². The minimum atomic E-state index is -0.183. The number of nitrogens with zero attached hydrogens (tertiary/aromatic N) is 2. The average Bonchev–Trinajstić information content (AvgIpc) is 3.00. The molecule has 1 fully saturated rings. The molecule has 0 unspecified atom stereocenters. The average molecular weight is 388 g/mol. The van der Waals surface area contributed by atoms with E-state index in [9.17, 15) is 15.0 Å². The van der Waals surface area contributed by atoms with Crippen LogP contribution in [-0.4, -0.2) is 21.3 Å². The minimum absolute atomic E-state index is 0.125. The maximum Gasteiger partial charge on any atom is 0.271 e. The van der Waals surface area contributed by atoms with Crippen molar-refractivity contribution >= 4 is 40.3 Å². The first-order valence-corrected chi connectivity index (χ1v) is 9.37. The molecule has 0 bridgehead atoms. The summed E-state index contributed by atoms with van der Waals surface area (Å²) >= 11 is 1.28. The van der Waals surface area contributed by atoms with E-state index in [0.717, 1.165) is 5.56 Å². The zero-order chi connectivity index (χ0) is 19.5. The third-order valence-corrected chi connectivity index (χ3v) is 5.05. The first-order valence-electron chi connectivity index (χ1n) is 8.56. The third-order valence-electron chi connectivity index (χ3n) is 4.09. The Balaban J connectivity index is 1.77. The van der Waals surface area contributed by atoms with E-state index in [0.29, 0.717) is 21.4 Å². The molecule has 0 aromatic heterocycles. The largest absolute Gasteiger partial charge is 0.508 e. The number of rotatable bonds is 3. The van der Waals surface area contributed by atoms with Crippen LogP contribution >= 0.6 is 11.8 Å². The second kappa shape index (κ2) is 7.62. The van der Waals surface area contributed by atoms with Gasteiger partial charge >= 0.3 is 0 Å². The van der Waals surface area contributed by atoms with Crippen molar-refractivity contribution in [2.24, 2.45) is 4.99 Å². The number of hydrogen-bond donors (Lipinski definition) is 2. The van der Waals surface area contributed by atoms with Gasteiger partial charge in [0, 0.05) is 0 Å². The molecule has 3 aromatic carbocycles. The highest BCUT2D eigenvalue weighted by atomic mass is 32.2. The van der Waals surface area contributed by atoms with E-state index in [1.807, 2.05) is 36.4 Å². The molecule has 2 N–H and O–H groups in total. The van der Waals surface area contributed by atoms with Crippen LogP contribution in [0.25, 0.3) is 6.08 Å². The van der Waals surface area contributed by atoms with Crippen LogP contribution in [0.1, 0.15) is 5.56 Å². The third kappa shape index (κ3) is 3.77. The van der Waals surface area contributed by atoms with E-state index in [2.05, 4.69) is 4.99 Å². The molecule has 1 saturated heterocycles. The Hall–Kier alpha value is -3.51. The Labute approximate surface area is 166 Å². The van der Waals surface area contributed by atoms with Crippen molar-refractivity contribution in [1.82, 2.24) is 0 Å². The lowest BCUT2D eigenvalue weighted by molar-refractivity contribution is -0.113. The number of thioether (sulfide) groups is 1. The highest BCUT2D eigenvalue weighted by Crippen LogP contribution is 2.37.